The first kappa shape index (κ1) is 23.2. The van der Waals surface area contributed by atoms with Crippen LogP contribution in [0.4, 0.5) is 0 Å². The number of guanidine groups is 1. The molecule has 24 heavy (non-hydrogen) atoms. The number of hydrogen-bond acceptors (Lipinski definition) is 3. The van der Waals surface area contributed by atoms with Gasteiger partial charge in [0.1, 0.15) is 0 Å². The molecule has 1 heterocycles. The van der Waals surface area contributed by atoms with Crippen molar-refractivity contribution in [3.8, 4) is 0 Å². The lowest BCUT2D eigenvalue weighted by atomic mass is 10.2. The Hall–Kier alpha value is -0.830. The van der Waals surface area contributed by atoms with Gasteiger partial charge in [-0.2, -0.15) is 5.10 Å². The van der Waals surface area contributed by atoms with Gasteiger partial charge in [0.25, 0.3) is 0 Å². The van der Waals surface area contributed by atoms with E-state index in [1.807, 2.05) is 6.92 Å². The van der Waals surface area contributed by atoms with E-state index >= 15 is 0 Å². The molecule has 6 nitrogen and oxygen atoms in total. The van der Waals surface area contributed by atoms with E-state index in [1.54, 1.807) is 7.11 Å². The molecule has 0 spiro atoms. The Bertz CT molecular complexity index is 462. The summed E-state index contributed by atoms with van der Waals surface area (Å²) in [6, 6.07) is 2.11. The van der Waals surface area contributed by atoms with Crippen LogP contribution in [0.5, 0.6) is 0 Å². The fourth-order valence-electron chi connectivity index (χ4n) is 2.41. The van der Waals surface area contributed by atoms with Crippen LogP contribution in [0.15, 0.2) is 11.1 Å². The Balaban J connectivity index is 0.00000529. The third-order valence-electron chi connectivity index (χ3n) is 3.56. The van der Waals surface area contributed by atoms with Crippen LogP contribution < -0.4 is 10.6 Å². The Morgan fingerprint density at radius 2 is 2.00 bits per heavy atom. The van der Waals surface area contributed by atoms with Gasteiger partial charge in [-0.1, -0.05) is 0 Å². The van der Waals surface area contributed by atoms with Crippen molar-refractivity contribution in [1.29, 1.82) is 0 Å². The molecule has 7 heteroatoms. The first-order valence-electron chi connectivity index (χ1n) is 8.69. The van der Waals surface area contributed by atoms with Gasteiger partial charge in [-0.15, -0.1) is 24.0 Å². The third kappa shape index (κ3) is 10.1. The van der Waals surface area contributed by atoms with Gasteiger partial charge >= 0.3 is 0 Å². The molecule has 0 aliphatic heterocycles. The second kappa shape index (κ2) is 14.5. The molecule has 0 aliphatic carbocycles. The average Bonchev–Trinajstić information content (AvgIpc) is 2.84. The largest absolute Gasteiger partial charge is 0.385 e. The van der Waals surface area contributed by atoms with Crippen molar-refractivity contribution in [2.24, 2.45) is 4.99 Å². The van der Waals surface area contributed by atoms with Gasteiger partial charge in [-0.3, -0.25) is 9.67 Å². The van der Waals surface area contributed by atoms with E-state index in [1.165, 1.54) is 12.1 Å². The van der Waals surface area contributed by atoms with Crippen LogP contribution in [0.25, 0.3) is 0 Å². The maximum Gasteiger partial charge on any atom is 0.191 e. The Kier molecular flexibility index (Phi) is 14.0. The smallest absolute Gasteiger partial charge is 0.191 e. The van der Waals surface area contributed by atoms with E-state index in [2.05, 4.69) is 45.3 Å². The van der Waals surface area contributed by atoms with Gasteiger partial charge < -0.3 is 15.4 Å². The highest BCUT2D eigenvalue weighted by molar-refractivity contribution is 14.0. The lowest BCUT2D eigenvalue weighted by Crippen LogP contribution is -2.37. The van der Waals surface area contributed by atoms with Crippen molar-refractivity contribution in [3.63, 3.8) is 0 Å². The molecule has 2 N–H and O–H groups in total. The van der Waals surface area contributed by atoms with Gasteiger partial charge in [0.05, 0.1) is 5.69 Å². The summed E-state index contributed by atoms with van der Waals surface area (Å²) in [4.78, 5) is 4.63. The molecule has 0 atom stereocenters. The fraction of sp³-hybridized carbons (Fsp3) is 0.765. The number of hydrogen-bond donors (Lipinski definition) is 2. The number of rotatable bonds is 11. The number of nitrogens with zero attached hydrogens (tertiary/aromatic N) is 3. The molecule has 0 aliphatic rings. The van der Waals surface area contributed by atoms with Crippen LogP contribution in [0, 0.1) is 13.8 Å². The average molecular weight is 451 g/mol. The maximum absolute atomic E-state index is 5.06. The number of halogens is 1. The molecule has 0 unspecified atom stereocenters. The summed E-state index contributed by atoms with van der Waals surface area (Å²) in [5.74, 6) is 0.910. The molecule has 0 amide bonds. The molecule has 140 valence electrons. The molecular weight excluding hydrogens is 417 g/mol. The predicted octanol–water partition coefficient (Wildman–Crippen LogP) is 2.88. The highest BCUT2D eigenvalue weighted by Gasteiger charge is 2.00. The number of aliphatic imine (C=N–C) groups is 1. The minimum Gasteiger partial charge on any atom is -0.385 e. The van der Waals surface area contributed by atoms with Crippen LogP contribution in [0.2, 0.25) is 0 Å². The highest BCUT2D eigenvalue weighted by Crippen LogP contribution is 2.02. The Labute approximate surface area is 163 Å². The zero-order chi connectivity index (χ0) is 16.9. The standard InChI is InChI=1S/C17H33N5O.HI/c1-5-18-17(19-10-7-6-8-13-23-4)20-11-9-12-22-16(3)14-15(2)21-22;/h14H,5-13H2,1-4H3,(H2,18,19,20);1H. The highest BCUT2D eigenvalue weighted by atomic mass is 127. The van der Waals surface area contributed by atoms with Gasteiger partial charge in [-0.05, 0) is 52.5 Å². The van der Waals surface area contributed by atoms with E-state index in [9.17, 15) is 0 Å². The second-order valence-electron chi connectivity index (χ2n) is 5.74. The van der Waals surface area contributed by atoms with E-state index < -0.39 is 0 Å². The molecular formula is C17H34IN5O. The number of aryl methyl sites for hydroxylation is 3. The van der Waals surface area contributed by atoms with Crippen LogP contribution in [-0.2, 0) is 11.3 Å². The molecule has 1 aromatic heterocycles. The van der Waals surface area contributed by atoms with Gasteiger partial charge in [-0.25, -0.2) is 0 Å². The molecule has 0 fully saturated rings. The maximum atomic E-state index is 5.06. The van der Waals surface area contributed by atoms with Crippen LogP contribution in [-0.4, -0.2) is 49.1 Å². The van der Waals surface area contributed by atoms with Crippen LogP contribution in [0.3, 0.4) is 0 Å². The minimum atomic E-state index is 0. The van der Waals surface area contributed by atoms with Gasteiger partial charge in [0, 0.05) is 45.6 Å². The normalized spacial score (nSPS) is 11.2. The Morgan fingerprint density at radius 3 is 2.62 bits per heavy atom. The number of unbranched alkanes of at least 4 members (excludes halogenated alkanes) is 2. The zero-order valence-corrected chi connectivity index (χ0v) is 17.9. The predicted molar refractivity (Wildman–Crippen MR) is 111 cm³/mol. The molecule has 1 aromatic rings. The lowest BCUT2D eigenvalue weighted by molar-refractivity contribution is 0.192. The van der Waals surface area contributed by atoms with Gasteiger partial charge in [0.15, 0.2) is 5.96 Å². The Morgan fingerprint density at radius 1 is 1.21 bits per heavy atom. The molecule has 0 saturated carbocycles. The zero-order valence-electron chi connectivity index (χ0n) is 15.6. The number of ether oxygens (including phenoxy) is 1. The number of methoxy groups -OCH3 is 1. The van der Waals surface area contributed by atoms with E-state index in [0.717, 1.165) is 63.7 Å². The van der Waals surface area contributed by atoms with Gasteiger partial charge in [0.2, 0.25) is 0 Å². The summed E-state index contributed by atoms with van der Waals surface area (Å²) < 4.78 is 7.11. The molecule has 0 bridgehead atoms. The van der Waals surface area contributed by atoms with Crippen LogP contribution in [0.1, 0.15) is 44.0 Å². The van der Waals surface area contributed by atoms with E-state index in [0.29, 0.717) is 0 Å². The summed E-state index contributed by atoms with van der Waals surface area (Å²) in [5.41, 5.74) is 2.29. The summed E-state index contributed by atoms with van der Waals surface area (Å²) >= 11 is 0. The lowest BCUT2D eigenvalue weighted by Gasteiger charge is -2.11. The monoisotopic (exact) mass is 451 g/mol. The number of aromatic nitrogens is 2. The van der Waals surface area contributed by atoms with Crippen molar-refractivity contribution in [2.75, 3.05) is 33.4 Å². The summed E-state index contributed by atoms with van der Waals surface area (Å²) in [7, 11) is 1.75. The second-order valence-corrected chi connectivity index (χ2v) is 5.74. The topological polar surface area (TPSA) is 63.5 Å². The summed E-state index contributed by atoms with van der Waals surface area (Å²) in [6.45, 7) is 10.6. The van der Waals surface area contributed by atoms with Crippen molar-refractivity contribution in [2.45, 2.75) is 53.0 Å². The fourth-order valence-corrected chi connectivity index (χ4v) is 2.41. The van der Waals surface area contributed by atoms with Crippen molar-refractivity contribution in [1.82, 2.24) is 20.4 Å². The molecule has 1 rings (SSSR count). The first-order chi connectivity index (χ1) is 11.2. The number of nitrogens with one attached hydrogen (secondary N) is 2. The third-order valence-corrected chi connectivity index (χ3v) is 3.56. The molecule has 0 aromatic carbocycles. The quantitative estimate of drug-likeness (QED) is 0.235. The minimum absolute atomic E-state index is 0. The van der Waals surface area contributed by atoms with E-state index in [-0.39, 0.29) is 24.0 Å². The van der Waals surface area contributed by atoms with E-state index in [4.69, 9.17) is 4.74 Å². The molecule has 0 radical (unpaired) electrons. The van der Waals surface area contributed by atoms with Crippen molar-refractivity contribution < 1.29 is 4.74 Å². The molecule has 0 saturated heterocycles. The van der Waals surface area contributed by atoms with Crippen molar-refractivity contribution >= 4 is 29.9 Å². The summed E-state index contributed by atoms with van der Waals surface area (Å²) in [5, 5.41) is 11.2. The van der Waals surface area contributed by atoms with Crippen molar-refractivity contribution in [3.05, 3.63) is 17.5 Å². The summed E-state index contributed by atoms with van der Waals surface area (Å²) in [6.07, 6.45) is 4.43. The van der Waals surface area contributed by atoms with Crippen LogP contribution >= 0.6 is 24.0 Å². The SMILES string of the molecule is CCNC(=NCCCn1nc(C)cc1C)NCCCCCOC.I. The first-order valence-corrected chi connectivity index (χ1v) is 8.69.